The summed E-state index contributed by atoms with van der Waals surface area (Å²) in [7, 11) is 0. The van der Waals surface area contributed by atoms with Crippen LogP contribution in [0, 0.1) is 5.92 Å². The molecule has 1 atom stereocenters. The van der Waals surface area contributed by atoms with E-state index in [1.165, 1.54) is 0 Å². The van der Waals surface area contributed by atoms with E-state index in [9.17, 15) is 0 Å². The van der Waals surface area contributed by atoms with Gasteiger partial charge in [0, 0.05) is 6.61 Å². The van der Waals surface area contributed by atoms with Gasteiger partial charge in [0.1, 0.15) is 0 Å². The summed E-state index contributed by atoms with van der Waals surface area (Å²) in [4.78, 5) is 0. The predicted molar refractivity (Wildman–Crippen MR) is 42.7 cm³/mol. The first-order valence-corrected chi connectivity index (χ1v) is 3.86. The van der Waals surface area contributed by atoms with Gasteiger partial charge in [-0.3, -0.25) is 0 Å². The Labute approximate surface area is 62.1 Å². The van der Waals surface area contributed by atoms with Crippen LogP contribution in [0.2, 0.25) is 0 Å². The van der Waals surface area contributed by atoms with E-state index in [1.54, 1.807) is 0 Å². The molecular formula is C9H14O. The van der Waals surface area contributed by atoms with Crippen molar-refractivity contribution in [3.8, 4) is 0 Å². The summed E-state index contributed by atoms with van der Waals surface area (Å²) >= 11 is 0. The molecule has 1 aliphatic carbocycles. The van der Waals surface area contributed by atoms with Crippen LogP contribution >= 0.6 is 0 Å². The third-order valence-electron chi connectivity index (χ3n) is 1.79. The van der Waals surface area contributed by atoms with Crippen molar-refractivity contribution in [3.05, 3.63) is 24.3 Å². The lowest BCUT2D eigenvalue weighted by atomic mass is 10.0. The van der Waals surface area contributed by atoms with Gasteiger partial charge in [-0.05, 0) is 25.2 Å². The van der Waals surface area contributed by atoms with Crippen molar-refractivity contribution in [1.29, 1.82) is 0 Å². The van der Waals surface area contributed by atoms with Crippen molar-refractivity contribution in [3.63, 3.8) is 0 Å². The molecular weight excluding hydrogens is 124 g/mol. The monoisotopic (exact) mass is 138 g/mol. The van der Waals surface area contributed by atoms with Crippen LogP contribution in [0.3, 0.4) is 0 Å². The zero-order valence-corrected chi connectivity index (χ0v) is 6.16. The molecule has 0 heterocycles. The Kier molecular flexibility index (Phi) is 3.23. The van der Waals surface area contributed by atoms with Gasteiger partial charge in [-0.2, -0.15) is 0 Å². The molecule has 1 aliphatic rings. The van der Waals surface area contributed by atoms with Crippen LogP contribution in [0.25, 0.3) is 0 Å². The van der Waals surface area contributed by atoms with Crippen LogP contribution < -0.4 is 0 Å². The molecule has 0 fully saturated rings. The molecule has 0 radical (unpaired) electrons. The molecule has 0 bridgehead atoms. The molecule has 0 aromatic rings. The molecule has 1 nitrogen and oxygen atoms in total. The van der Waals surface area contributed by atoms with Crippen molar-refractivity contribution in [2.75, 3.05) is 6.61 Å². The second-order valence-electron chi connectivity index (χ2n) is 2.64. The Balaban J connectivity index is 2.36. The molecule has 1 rings (SSSR count). The molecule has 0 unspecified atom stereocenters. The van der Waals surface area contributed by atoms with Crippen LogP contribution in [-0.2, 0) is 0 Å². The topological polar surface area (TPSA) is 20.2 Å². The Morgan fingerprint density at radius 1 is 1.30 bits per heavy atom. The summed E-state index contributed by atoms with van der Waals surface area (Å²) in [5, 5.41) is 8.65. The summed E-state index contributed by atoms with van der Waals surface area (Å²) in [6, 6.07) is 0. The average Bonchev–Trinajstić information content (AvgIpc) is 2.17. The summed E-state index contributed by atoms with van der Waals surface area (Å²) in [6.45, 7) is 0.308. The number of allylic oxidation sites excluding steroid dienone is 4. The van der Waals surface area contributed by atoms with E-state index in [2.05, 4.69) is 24.3 Å². The molecule has 0 spiro atoms. The lowest BCUT2D eigenvalue weighted by molar-refractivity contribution is 0.270. The Bertz CT molecular complexity index is 136. The second kappa shape index (κ2) is 4.29. The zero-order valence-electron chi connectivity index (χ0n) is 6.16. The van der Waals surface area contributed by atoms with Crippen molar-refractivity contribution in [2.45, 2.75) is 19.3 Å². The molecule has 56 valence electrons. The quantitative estimate of drug-likeness (QED) is 0.578. The molecule has 0 aliphatic heterocycles. The molecule has 0 saturated carbocycles. The Morgan fingerprint density at radius 2 is 2.20 bits per heavy atom. The van der Waals surface area contributed by atoms with Gasteiger partial charge in [-0.25, -0.2) is 0 Å². The minimum absolute atomic E-state index is 0.308. The first-order chi connectivity index (χ1) is 4.93. The molecule has 1 N–H and O–H groups in total. The van der Waals surface area contributed by atoms with Gasteiger partial charge in [0.25, 0.3) is 0 Å². The maximum absolute atomic E-state index is 8.65. The van der Waals surface area contributed by atoms with Gasteiger partial charge in [0.2, 0.25) is 0 Å². The van der Waals surface area contributed by atoms with Crippen LogP contribution in [0.15, 0.2) is 24.3 Å². The highest BCUT2D eigenvalue weighted by Gasteiger charge is 2.01. The highest BCUT2D eigenvalue weighted by molar-refractivity contribution is 5.02. The lowest BCUT2D eigenvalue weighted by Crippen LogP contribution is -1.96. The normalized spacial score (nSPS) is 24.7. The maximum Gasteiger partial charge on any atom is 0.0436 e. The fourth-order valence-corrected chi connectivity index (χ4v) is 1.18. The van der Waals surface area contributed by atoms with Crippen molar-refractivity contribution >= 4 is 0 Å². The van der Waals surface area contributed by atoms with Gasteiger partial charge in [-0.15, -0.1) is 0 Å². The van der Waals surface area contributed by atoms with Crippen LogP contribution in [0.4, 0.5) is 0 Å². The van der Waals surface area contributed by atoms with E-state index >= 15 is 0 Å². The van der Waals surface area contributed by atoms with Gasteiger partial charge < -0.3 is 5.11 Å². The summed E-state index contributed by atoms with van der Waals surface area (Å²) in [5.74, 6) is 0.573. The summed E-state index contributed by atoms with van der Waals surface area (Å²) in [5.41, 5.74) is 0. The number of aliphatic hydroxyl groups is 1. The van der Waals surface area contributed by atoms with E-state index in [0.717, 1.165) is 19.3 Å². The standard InChI is InChI=1S/C9H14O/c10-8-7-9-5-3-1-2-4-6-9/h1,3-4,6,9-10H,2,5,7-8H2/t9-/m1/s1. The van der Waals surface area contributed by atoms with Gasteiger partial charge in [-0.1, -0.05) is 24.3 Å². The lowest BCUT2D eigenvalue weighted by Gasteiger charge is -2.05. The molecule has 1 heteroatoms. The van der Waals surface area contributed by atoms with E-state index in [-0.39, 0.29) is 0 Å². The highest BCUT2D eigenvalue weighted by Crippen LogP contribution is 2.14. The smallest absolute Gasteiger partial charge is 0.0436 e. The van der Waals surface area contributed by atoms with E-state index < -0.39 is 0 Å². The van der Waals surface area contributed by atoms with Crippen LogP contribution in [-0.4, -0.2) is 11.7 Å². The molecule has 10 heavy (non-hydrogen) atoms. The molecule has 0 aromatic carbocycles. The largest absolute Gasteiger partial charge is 0.396 e. The van der Waals surface area contributed by atoms with Crippen molar-refractivity contribution in [1.82, 2.24) is 0 Å². The van der Waals surface area contributed by atoms with E-state index in [1.807, 2.05) is 0 Å². The van der Waals surface area contributed by atoms with E-state index in [4.69, 9.17) is 5.11 Å². The first kappa shape index (κ1) is 7.55. The second-order valence-corrected chi connectivity index (χ2v) is 2.64. The highest BCUT2D eigenvalue weighted by atomic mass is 16.3. The minimum atomic E-state index is 0.308. The Morgan fingerprint density at radius 3 is 3.00 bits per heavy atom. The first-order valence-electron chi connectivity index (χ1n) is 3.86. The Hall–Kier alpha value is -0.560. The molecule has 0 amide bonds. The fraction of sp³-hybridized carbons (Fsp3) is 0.556. The van der Waals surface area contributed by atoms with Gasteiger partial charge in [0.05, 0.1) is 0 Å². The van der Waals surface area contributed by atoms with Crippen LogP contribution in [0.5, 0.6) is 0 Å². The maximum atomic E-state index is 8.65. The average molecular weight is 138 g/mol. The molecule has 0 saturated heterocycles. The number of aliphatic hydroxyl groups excluding tert-OH is 1. The summed E-state index contributed by atoms with van der Waals surface area (Å²) in [6.07, 6.45) is 11.8. The summed E-state index contributed by atoms with van der Waals surface area (Å²) < 4.78 is 0. The van der Waals surface area contributed by atoms with Gasteiger partial charge in [0.15, 0.2) is 0 Å². The third-order valence-corrected chi connectivity index (χ3v) is 1.79. The van der Waals surface area contributed by atoms with Crippen molar-refractivity contribution < 1.29 is 5.11 Å². The predicted octanol–water partition coefficient (Wildman–Crippen LogP) is 1.89. The third kappa shape index (κ3) is 2.36. The number of rotatable bonds is 2. The SMILES string of the molecule is OCC[C@H]1C=CCC=CC1. The zero-order chi connectivity index (χ0) is 7.23. The number of hydrogen-bond acceptors (Lipinski definition) is 1. The fourth-order valence-electron chi connectivity index (χ4n) is 1.18. The van der Waals surface area contributed by atoms with Gasteiger partial charge >= 0.3 is 0 Å². The number of hydrogen-bond donors (Lipinski definition) is 1. The van der Waals surface area contributed by atoms with E-state index in [0.29, 0.717) is 12.5 Å². The minimum Gasteiger partial charge on any atom is -0.396 e. The van der Waals surface area contributed by atoms with Crippen LogP contribution in [0.1, 0.15) is 19.3 Å². The van der Waals surface area contributed by atoms with Crippen molar-refractivity contribution in [2.24, 2.45) is 5.92 Å². The molecule has 0 aromatic heterocycles.